The number of sulfonamides is 1. The van der Waals surface area contributed by atoms with E-state index < -0.39 is 10.0 Å². The molecule has 5 nitrogen and oxygen atoms in total. The summed E-state index contributed by atoms with van der Waals surface area (Å²) in [7, 11) is -1.89. The van der Waals surface area contributed by atoms with Crippen LogP contribution in [0.1, 0.15) is 31.2 Å². The highest BCUT2D eigenvalue weighted by molar-refractivity contribution is 7.89. The Kier molecular flexibility index (Phi) is 4.43. The number of fused-ring (bicyclic) bond motifs is 1. The van der Waals surface area contributed by atoms with E-state index in [0.29, 0.717) is 23.8 Å². The fourth-order valence-electron chi connectivity index (χ4n) is 3.51. The SMILES string of the molecule is COc1ccc(S(=O)(=O)N2CCOC3CCCCC32)cc1C. The number of hydrogen-bond donors (Lipinski definition) is 0. The summed E-state index contributed by atoms with van der Waals surface area (Å²) in [6, 6.07) is 5.03. The van der Waals surface area contributed by atoms with Crippen LogP contribution in [0.15, 0.2) is 23.1 Å². The minimum absolute atomic E-state index is 0.0186. The summed E-state index contributed by atoms with van der Waals surface area (Å²) < 4.78 is 38.7. The van der Waals surface area contributed by atoms with Gasteiger partial charge in [-0.3, -0.25) is 0 Å². The highest BCUT2D eigenvalue weighted by Gasteiger charge is 2.40. The molecular weight excluding hydrogens is 302 g/mol. The van der Waals surface area contributed by atoms with Crippen molar-refractivity contribution < 1.29 is 17.9 Å². The normalized spacial score (nSPS) is 26.5. The Bertz CT molecular complexity index is 642. The van der Waals surface area contributed by atoms with Crippen molar-refractivity contribution in [2.75, 3.05) is 20.3 Å². The standard InChI is InChI=1S/C16H23NO4S/c1-12-11-13(7-8-15(12)20-2)22(18,19)17-9-10-21-16-6-4-3-5-14(16)17/h7-8,11,14,16H,3-6,9-10H2,1-2H3. The predicted molar refractivity (Wildman–Crippen MR) is 83.6 cm³/mol. The molecule has 0 aromatic heterocycles. The van der Waals surface area contributed by atoms with Gasteiger partial charge in [0.15, 0.2) is 0 Å². The second-order valence-electron chi connectivity index (χ2n) is 6.01. The lowest BCUT2D eigenvalue weighted by Gasteiger charge is -2.42. The summed E-state index contributed by atoms with van der Waals surface area (Å²) >= 11 is 0. The Morgan fingerprint density at radius 3 is 2.77 bits per heavy atom. The summed E-state index contributed by atoms with van der Waals surface area (Å²) in [4.78, 5) is 0.344. The molecule has 6 heteroatoms. The van der Waals surface area contributed by atoms with Crippen molar-refractivity contribution in [3.63, 3.8) is 0 Å². The Balaban J connectivity index is 1.92. The van der Waals surface area contributed by atoms with E-state index in [0.717, 1.165) is 31.2 Å². The zero-order valence-electron chi connectivity index (χ0n) is 13.1. The molecule has 1 aromatic carbocycles. The second kappa shape index (κ2) is 6.18. The van der Waals surface area contributed by atoms with Crippen LogP contribution in [-0.2, 0) is 14.8 Å². The first kappa shape index (κ1) is 15.8. The molecule has 1 aliphatic heterocycles. The maximum atomic E-state index is 13.0. The molecule has 1 aromatic rings. The Hall–Kier alpha value is -1.11. The number of benzene rings is 1. The maximum absolute atomic E-state index is 13.0. The van der Waals surface area contributed by atoms with E-state index in [-0.39, 0.29) is 12.1 Å². The first-order valence-corrected chi connectivity index (χ1v) is 9.26. The lowest BCUT2D eigenvalue weighted by Crippen LogP contribution is -2.54. The average Bonchev–Trinajstić information content (AvgIpc) is 2.54. The number of methoxy groups -OCH3 is 1. The van der Waals surface area contributed by atoms with Crippen LogP contribution in [0.4, 0.5) is 0 Å². The van der Waals surface area contributed by atoms with Crippen molar-refractivity contribution >= 4 is 10.0 Å². The van der Waals surface area contributed by atoms with Crippen molar-refractivity contribution in [1.29, 1.82) is 0 Å². The molecule has 0 amide bonds. The van der Waals surface area contributed by atoms with Crippen LogP contribution in [0.25, 0.3) is 0 Å². The molecule has 0 spiro atoms. The largest absolute Gasteiger partial charge is 0.496 e. The van der Waals surface area contributed by atoms with Crippen LogP contribution < -0.4 is 4.74 Å². The van der Waals surface area contributed by atoms with Crippen molar-refractivity contribution in [2.24, 2.45) is 0 Å². The summed E-state index contributed by atoms with van der Waals surface area (Å²) in [5, 5.41) is 0. The number of hydrogen-bond acceptors (Lipinski definition) is 4. The van der Waals surface area contributed by atoms with E-state index in [1.165, 1.54) is 0 Å². The van der Waals surface area contributed by atoms with Crippen LogP contribution in [0.2, 0.25) is 0 Å². The second-order valence-corrected chi connectivity index (χ2v) is 7.90. The highest BCUT2D eigenvalue weighted by atomic mass is 32.2. The molecule has 1 saturated carbocycles. The predicted octanol–water partition coefficient (Wildman–Crippen LogP) is 2.34. The number of ether oxygens (including phenoxy) is 2. The van der Waals surface area contributed by atoms with Gasteiger partial charge in [0.2, 0.25) is 10.0 Å². The van der Waals surface area contributed by atoms with Crippen LogP contribution in [-0.4, -0.2) is 45.1 Å². The first-order valence-electron chi connectivity index (χ1n) is 7.82. The lowest BCUT2D eigenvalue weighted by atomic mass is 9.91. The van der Waals surface area contributed by atoms with Gasteiger partial charge in [-0.1, -0.05) is 12.8 Å². The number of morpholine rings is 1. The van der Waals surface area contributed by atoms with Gasteiger partial charge in [0.25, 0.3) is 0 Å². The molecular formula is C16H23NO4S. The molecule has 2 atom stereocenters. The minimum Gasteiger partial charge on any atom is -0.496 e. The average molecular weight is 325 g/mol. The monoisotopic (exact) mass is 325 g/mol. The van der Waals surface area contributed by atoms with Crippen molar-refractivity contribution in [3.8, 4) is 5.75 Å². The fourth-order valence-corrected chi connectivity index (χ4v) is 5.26. The Morgan fingerprint density at radius 2 is 2.05 bits per heavy atom. The van der Waals surface area contributed by atoms with Gasteiger partial charge >= 0.3 is 0 Å². The third-order valence-corrected chi connectivity index (χ3v) is 6.57. The summed E-state index contributed by atoms with van der Waals surface area (Å²) in [5.41, 5.74) is 0.831. The fraction of sp³-hybridized carbons (Fsp3) is 0.625. The van der Waals surface area contributed by atoms with Gasteiger partial charge in [0, 0.05) is 6.54 Å². The van der Waals surface area contributed by atoms with Crippen LogP contribution >= 0.6 is 0 Å². The molecule has 22 heavy (non-hydrogen) atoms. The Morgan fingerprint density at radius 1 is 1.27 bits per heavy atom. The molecule has 122 valence electrons. The molecule has 2 aliphatic rings. The van der Waals surface area contributed by atoms with Crippen molar-refractivity contribution in [1.82, 2.24) is 4.31 Å². The summed E-state index contributed by atoms with van der Waals surface area (Å²) in [6.45, 7) is 2.78. The topological polar surface area (TPSA) is 55.8 Å². The van der Waals surface area contributed by atoms with E-state index in [9.17, 15) is 8.42 Å². The molecule has 2 unspecified atom stereocenters. The van der Waals surface area contributed by atoms with Gasteiger partial charge in [-0.05, 0) is 43.5 Å². The van der Waals surface area contributed by atoms with Gasteiger partial charge in [-0.2, -0.15) is 4.31 Å². The molecule has 1 heterocycles. The third kappa shape index (κ3) is 2.75. The van der Waals surface area contributed by atoms with Gasteiger partial charge in [-0.15, -0.1) is 0 Å². The highest BCUT2D eigenvalue weighted by Crippen LogP contribution is 2.33. The van der Waals surface area contributed by atoms with Crippen molar-refractivity contribution in [3.05, 3.63) is 23.8 Å². The number of rotatable bonds is 3. The van der Waals surface area contributed by atoms with Gasteiger partial charge in [-0.25, -0.2) is 8.42 Å². The quantitative estimate of drug-likeness (QED) is 0.856. The zero-order chi connectivity index (χ0) is 15.7. The van der Waals surface area contributed by atoms with E-state index in [1.54, 1.807) is 29.6 Å². The molecule has 0 N–H and O–H groups in total. The lowest BCUT2D eigenvalue weighted by molar-refractivity contribution is -0.0586. The minimum atomic E-state index is -3.48. The molecule has 1 aliphatic carbocycles. The molecule has 2 fully saturated rings. The van der Waals surface area contributed by atoms with E-state index in [2.05, 4.69) is 0 Å². The maximum Gasteiger partial charge on any atom is 0.243 e. The summed E-state index contributed by atoms with van der Waals surface area (Å²) in [5.74, 6) is 0.705. The number of aryl methyl sites for hydroxylation is 1. The first-order chi connectivity index (χ1) is 10.5. The zero-order valence-corrected chi connectivity index (χ0v) is 13.9. The smallest absolute Gasteiger partial charge is 0.243 e. The third-order valence-electron chi connectivity index (χ3n) is 4.65. The van der Waals surface area contributed by atoms with Crippen LogP contribution in [0.5, 0.6) is 5.75 Å². The van der Waals surface area contributed by atoms with Crippen molar-refractivity contribution in [2.45, 2.75) is 49.6 Å². The van der Waals surface area contributed by atoms with E-state index >= 15 is 0 Å². The van der Waals surface area contributed by atoms with E-state index in [4.69, 9.17) is 9.47 Å². The van der Waals surface area contributed by atoms with E-state index in [1.807, 2.05) is 6.92 Å². The number of nitrogens with zero attached hydrogens (tertiary/aromatic N) is 1. The molecule has 0 bridgehead atoms. The van der Waals surface area contributed by atoms with Crippen LogP contribution in [0.3, 0.4) is 0 Å². The van der Waals surface area contributed by atoms with Crippen LogP contribution in [0, 0.1) is 6.92 Å². The van der Waals surface area contributed by atoms with Gasteiger partial charge in [0.1, 0.15) is 5.75 Å². The molecule has 1 saturated heterocycles. The Labute approximate surface area is 132 Å². The summed E-state index contributed by atoms with van der Waals surface area (Å²) in [6.07, 6.45) is 4.09. The van der Waals surface area contributed by atoms with Gasteiger partial charge in [0.05, 0.1) is 30.8 Å². The molecule has 0 radical (unpaired) electrons. The van der Waals surface area contributed by atoms with Gasteiger partial charge < -0.3 is 9.47 Å². The molecule has 3 rings (SSSR count).